The lowest BCUT2D eigenvalue weighted by Crippen LogP contribution is -2.33. The van der Waals surface area contributed by atoms with E-state index in [9.17, 15) is 14.7 Å². The van der Waals surface area contributed by atoms with E-state index in [1.807, 2.05) is 24.3 Å². The van der Waals surface area contributed by atoms with Gasteiger partial charge in [0.2, 0.25) is 0 Å². The van der Waals surface area contributed by atoms with Crippen molar-refractivity contribution < 1.29 is 19.4 Å². The number of ketones is 1. The van der Waals surface area contributed by atoms with Crippen molar-refractivity contribution in [3.05, 3.63) is 70.8 Å². The van der Waals surface area contributed by atoms with Crippen LogP contribution in [0.3, 0.4) is 0 Å². The zero-order chi connectivity index (χ0) is 24.8. The van der Waals surface area contributed by atoms with Gasteiger partial charge in [0.15, 0.2) is 0 Å². The lowest BCUT2D eigenvalue weighted by molar-refractivity contribution is -0.140. The van der Waals surface area contributed by atoms with Crippen LogP contribution in [0, 0.1) is 0 Å². The zero-order valence-corrected chi connectivity index (χ0v) is 20.9. The van der Waals surface area contributed by atoms with Crippen LogP contribution < -0.4 is 4.74 Å². The van der Waals surface area contributed by atoms with Gasteiger partial charge in [-0.3, -0.25) is 9.59 Å². The third kappa shape index (κ3) is 5.33. The summed E-state index contributed by atoms with van der Waals surface area (Å²) in [5, 5.41) is 11.2. The van der Waals surface area contributed by atoms with E-state index in [1.165, 1.54) is 5.56 Å². The van der Waals surface area contributed by atoms with Crippen LogP contribution >= 0.6 is 0 Å². The van der Waals surface area contributed by atoms with Gasteiger partial charge in [-0.25, -0.2) is 0 Å². The summed E-state index contributed by atoms with van der Waals surface area (Å²) in [6, 6.07) is 14.2. The summed E-state index contributed by atoms with van der Waals surface area (Å²) in [4.78, 5) is 30.2. The molecule has 0 bridgehead atoms. The Bertz CT molecular complexity index is 1040. The molecule has 1 saturated heterocycles. The third-order valence-electron chi connectivity index (χ3n) is 6.57. The summed E-state index contributed by atoms with van der Waals surface area (Å²) < 4.78 is 5.28. The maximum atomic E-state index is 13.2. The molecule has 0 radical (unpaired) electrons. The number of carbonyl (C=O) groups excluding carboxylic acids is 2. The molecule has 0 aliphatic carbocycles. The lowest BCUT2D eigenvalue weighted by Gasteiger charge is -2.27. The molecular formula is C28H36N2O4. The Labute approximate surface area is 202 Å². The Balaban J connectivity index is 2.05. The summed E-state index contributed by atoms with van der Waals surface area (Å²) in [6.07, 6.45) is 0.745. The van der Waals surface area contributed by atoms with Crippen molar-refractivity contribution in [2.24, 2.45) is 0 Å². The van der Waals surface area contributed by atoms with Gasteiger partial charge in [-0.15, -0.1) is 0 Å². The van der Waals surface area contributed by atoms with Gasteiger partial charge in [-0.2, -0.15) is 0 Å². The Morgan fingerprint density at radius 1 is 1.09 bits per heavy atom. The van der Waals surface area contributed by atoms with Crippen molar-refractivity contribution in [2.75, 3.05) is 33.3 Å². The average molecular weight is 465 g/mol. The second-order valence-electron chi connectivity index (χ2n) is 8.93. The van der Waals surface area contributed by atoms with Gasteiger partial charge in [-0.1, -0.05) is 64.1 Å². The van der Waals surface area contributed by atoms with Crippen molar-refractivity contribution in [2.45, 2.75) is 46.1 Å². The summed E-state index contributed by atoms with van der Waals surface area (Å²) in [6.45, 7) is 11.6. The summed E-state index contributed by atoms with van der Waals surface area (Å²) in [5.74, 6) is -0.467. The maximum Gasteiger partial charge on any atom is 0.295 e. The first-order valence-corrected chi connectivity index (χ1v) is 12.1. The number of methoxy groups -OCH3 is 1. The molecule has 182 valence electrons. The van der Waals surface area contributed by atoms with E-state index >= 15 is 0 Å². The number of likely N-dealkylation sites (tertiary alicyclic amines) is 1. The van der Waals surface area contributed by atoms with Crippen molar-refractivity contribution in [1.82, 2.24) is 9.80 Å². The molecule has 1 aliphatic heterocycles. The van der Waals surface area contributed by atoms with E-state index in [4.69, 9.17) is 4.74 Å². The van der Waals surface area contributed by atoms with Crippen LogP contribution in [0.5, 0.6) is 5.75 Å². The van der Waals surface area contributed by atoms with Crippen LogP contribution in [0.1, 0.15) is 62.8 Å². The van der Waals surface area contributed by atoms with E-state index in [-0.39, 0.29) is 11.3 Å². The van der Waals surface area contributed by atoms with Crippen molar-refractivity contribution in [3.63, 3.8) is 0 Å². The Morgan fingerprint density at radius 3 is 2.35 bits per heavy atom. The zero-order valence-electron chi connectivity index (χ0n) is 20.9. The number of amides is 1. The molecule has 0 aromatic heterocycles. The Morgan fingerprint density at radius 2 is 1.76 bits per heavy atom. The number of nitrogens with zero attached hydrogens (tertiary/aromatic N) is 2. The summed E-state index contributed by atoms with van der Waals surface area (Å²) in [5.41, 5.74) is 2.56. The molecule has 6 nitrogen and oxygen atoms in total. The first-order valence-electron chi connectivity index (χ1n) is 12.1. The van der Waals surface area contributed by atoms with Gasteiger partial charge in [-0.05, 0) is 55.2 Å². The van der Waals surface area contributed by atoms with Crippen LogP contribution in [0.15, 0.2) is 54.1 Å². The quantitative estimate of drug-likeness (QED) is 0.305. The third-order valence-corrected chi connectivity index (χ3v) is 6.57. The second-order valence-corrected chi connectivity index (χ2v) is 8.93. The normalized spacial score (nSPS) is 17.7. The van der Waals surface area contributed by atoms with Gasteiger partial charge < -0.3 is 19.6 Å². The minimum atomic E-state index is -0.652. The van der Waals surface area contributed by atoms with Crippen molar-refractivity contribution >= 4 is 17.4 Å². The van der Waals surface area contributed by atoms with E-state index in [1.54, 1.807) is 36.3 Å². The number of aliphatic hydroxyl groups excluding tert-OH is 1. The number of ether oxygens (including phenoxy) is 1. The predicted molar refractivity (Wildman–Crippen MR) is 135 cm³/mol. The summed E-state index contributed by atoms with van der Waals surface area (Å²) >= 11 is 0. The van der Waals surface area contributed by atoms with Crippen molar-refractivity contribution in [1.29, 1.82) is 0 Å². The number of carbonyl (C=O) groups is 2. The average Bonchev–Trinajstić information content (AvgIpc) is 3.11. The highest BCUT2D eigenvalue weighted by Gasteiger charge is 2.45. The van der Waals surface area contributed by atoms with Crippen LogP contribution in [0.25, 0.3) is 5.76 Å². The molecule has 1 aliphatic rings. The van der Waals surface area contributed by atoms with Gasteiger partial charge in [0.05, 0.1) is 18.7 Å². The van der Waals surface area contributed by atoms with E-state index in [2.05, 4.69) is 32.6 Å². The highest BCUT2D eigenvalue weighted by atomic mass is 16.5. The van der Waals surface area contributed by atoms with Crippen LogP contribution in [-0.4, -0.2) is 59.9 Å². The fourth-order valence-corrected chi connectivity index (χ4v) is 4.45. The minimum Gasteiger partial charge on any atom is -0.507 e. The van der Waals surface area contributed by atoms with E-state index in [0.29, 0.717) is 23.8 Å². The number of rotatable bonds is 10. The highest BCUT2D eigenvalue weighted by molar-refractivity contribution is 6.46. The number of Topliss-reactive ketones (excluding diaryl/α,β-unsaturated/α-hetero) is 1. The molecule has 2 aromatic rings. The van der Waals surface area contributed by atoms with Gasteiger partial charge in [0.1, 0.15) is 11.5 Å². The minimum absolute atomic E-state index is 0.124. The lowest BCUT2D eigenvalue weighted by atomic mass is 9.93. The second kappa shape index (κ2) is 11.3. The Hall–Kier alpha value is -3.12. The number of benzene rings is 2. The number of hydrogen-bond acceptors (Lipinski definition) is 5. The maximum absolute atomic E-state index is 13.2. The molecule has 0 spiro atoms. The fraction of sp³-hybridized carbons (Fsp3) is 0.429. The Kier molecular flexibility index (Phi) is 8.51. The summed E-state index contributed by atoms with van der Waals surface area (Å²) in [7, 11) is 1.55. The monoisotopic (exact) mass is 464 g/mol. The molecule has 34 heavy (non-hydrogen) atoms. The predicted octanol–water partition coefficient (Wildman–Crippen LogP) is 4.97. The van der Waals surface area contributed by atoms with Crippen LogP contribution in [0.4, 0.5) is 0 Å². The number of aliphatic hydroxyl groups is 1. The SMILES string of the molecule is CCN(CC)CCCN1C(=O)C(=O)C(=C(O)c2cccc(OC)c2)[C@@H]1c1ccc(C(C)C)cc1. The molecule has 1 N–H and O–H groups in total. The molecule has 1 amide bonds. The molecule has 1 heterocycles. The largest absolute Gasteiger partial charge is 0.507 e. The highest BCUT2D eigenvalue weighted by Crippen LogP contribution is 2.40. The smallest absolute Gasteiger partial charge is 0.295 e. The fourth-order valence-electron chi connectivity index (χ4n) is 4.45. The topological polar surface area (TPSA) is 70.1 Å². The first kappa shape index (κ1) is 25.5. The molecule has 2 aromatic carbocycles. The van der Waals surface area contributed by atoms with Gasteiger partial charge in [0.25, 0.3) is 11.7 Å². The van der Waals surface area contributed by atoms with Crippen LogP contribution in [-0.2, 0) is 9.59 Å². The number of hydrogen-bond donors (Lipinski definition) is 1. The molecule has 6 heteroatoms. The molecule has 3 rings (SSSR count). The van der Waals surface area contributed by atoms with Gasteiger partial charge >= 0.3 is 0 Å². The molecule has 0 unspecified atom stereocenters. The van der Waals surface area contributed by atoms with E-state index < -0.39 is 17.7 Å². The molecule has 0 saturated carbocycles. The van der Waals surface area contributed by atoms with Crippen molar-refractivity contribution in [3.8, 4) is 5.75 Å². The van der Waals surface area contributed by atoms with Gasteiger partial charge in [0, 0.05) is 12.1 Å². The molecule has 1 fully saturated rings. The first-order chi connectivity index (χ1) is 16.3. The molecule has 1 atom stereocenters. The van der Waals surface area contributed by atoms with E-state index in [0.717, 1.165) is 31.6 Å². The molecular weight excluding hydrogens is 428 g/mol. The standard InChI is InChI=1S/C28H36N2O4/c1-6-29(7-2)16-9-17-30-25(21-14-12-20(13-15-21)19(3)4)24(27(32)28(30)33)26(31)22-10-8-11-23(18-22)34-5/h8,10-15,18-19,25,31H,6-7,9,16-17H2,1-5H3/t25-/m0/s1. The van der Waals surface area contributed by atoms with Crippen LogP contribution in [0.2, 0.25) is 0 Å².